The van der Waals surface area contributed by atoms with Gasteiger partial charge in [0.05, 0.1) is 55.9 Å². The number of phosphoric ester groups is 1. The Bertz CT molecular complexity index is 1520. The van der Waals surface area contributed by atoms with Crippen LogP contribution in [0.3, 0.4) is 0 Å². The Kier molecular flexibility index (Phi) is 23.4. The van der Waals surface area contributed by atoms with E-state index < -0.39 is 44.1 Å². The molecule has 2 aliphatic rings. The number of hydrogen-bond donors (Lipinski definition) is 5. The van der Waals surface area contributed by atoms with Gasteiger partial charge in [0.1, 0.15) is 11.8 Å². The Hall–Kier alpha value is -3.15. The van der Waals surface area contributed by atoms with Crippen LogP contribution in [0.25, 0.3) is 0 Å². The summed E-state index contributed by atoms with van der Waals surface area (Å²) in [6.45, 7) is 18.3. The highest BCUT2D eigenvalue weighted by molar-refractivity contribution is 7.46. The molecule has 61 heavy (non-hydrogen) atoms. The van der Waals surface area contributed by atoms with Crippen molar-refractivity contribution in [1.29, 1.82) is 0 Å². The Morgan fingerprint density at radius 2 is 1.57 bits per heavy atom. The summed E-state index contributed by atoms with van der Waals surface area (Å²) in [4.78, 5) is 78.3. The van der Waals surface area contributed by atoms with Crippen LogP contribution in [0.2, 0.25) is 0 Å². The molecule has 0 unspecified atom stereocenters. The predicted octanol–water partition coefficient (Wildman–Crippen LogP) is 3.07. The van der Waals surface area contributed by atoms with Crippen molar-refractivity contribution in [3.05, 3.63) is 29.8 Å². The molecule has 3 rings (SSSR count). The quantitative estimate of drug-likeness (QED) is 0.106. The van der Waals surface area contributed by atoms with E-state index >= 15 is 0 Å². The highest BCUT2D eigenvalue weighted by Crippen LogP contribution is 2.37. The van der Waals surface area contributed by atoms with Gasteiger partial charge in [0, 0.05) is 47.4 Å². The van der Waals surface area contributed by atoms with E-state index in [9.17, 15) is 23.7 Å². The van der Waals surface area contributed by atoms with Gasteiger partial charge in [0.2, 0.25) is 23.6 Å². The Labute approximate surface area is 364 Å². The molecular formula is C43H77N6O11P. The maximum Gasteiger partial charge on any atom is 0.524 e. The van der Waals surface area contributed by atoms with Gasteiger partial charge in [-0.3, -0.25) is 33.9 Å². The summed E-state index contributed by atoms with van der Waals surface area (Å²) in [5.41, 5.74) is 0.839. The first-order chi connectivity index (χ1) is 28.7. The van der Waals surface area contributed by atoms with Crippen LogP contribution in [-0.4, -0.2) is 159 Å². The van der Waals surface area contributed by atoms with Gasteiger partial charge < -0.3 is 44.5 Å². The van der Waals surface area contributed by atoms with Crippen molar-refractivity contribution in [3.8, 4) is 5.75 Å². The highest BCUT2D eigenvalue weighted by Gasteiger charge is 2.43. The Morgan fingerprint density at radius 1 is 0.951 bits per heavy atom. The number of carbonyl (C=O) groups is 4. The lowest BCUT2D eigenvalue weighted by molar-refractivity contribution is -0.148. The number of ether oxygens (including phenoxy) is 3. The van der Waals surface area contributed by atoms with Crippen LogP contribution in [0.4, 0.5) is 0 Å². The van der Waals surface area contributed by atoms with E-state index in [1.165, 1.54) is 12.1 Å². The SMILES string of the molecule is C1COCCN1.CC[C@H](C)[C@@H]([C@@H](CC(=O)N1CCC[C@H]1[C@H](OC)[C@@H](C)C(=O)NCCc1ccc(OP(=O)(O)O)cc1)OC)N(C)C(=O)[C@@H](NC(=O)[C@H](C(C)C)N(C)C)C(C)C. The first kappa shape index (κ1) is 54.0. The maximum atomic E-state index is 14.2. The number of likely N-dealkylation sites (N-methyl/N-ethyl adjacent to an activating group) is 2. The van der Waals surface area contributed by atoms with Crippen LogP contribution in [0.1, 0.15) is 79.7 Å². The zero-order valence-corrected chi connectivity index (χ0v) is 39.6. The van der Waals surface area contributed by atoms with Gasteiger partial charge in [-0.2, -0.15) is 0 Å². The van der Waals surface area contributed by atoms with Crippen LogP contribution in [0.5, 0.6) is 5.75 Å². The molecule has 2 aliphatic heterocycles. The van der Waals surface area contributed by atoms with E-state index in [0.29, 0.717) is 25.9 Å². The zero-order valence-electron chi connectivity index (χ0n) is 38.7. The molecular weight excluding hydrogens is 807 g/mol. The van der Waals surface area contributed by atoms with Crippen molar-refractivity contribution >= 4 is 31.5 Å². The standard InChI is InChI=1S/C39H68N5O10P.C4H9NO/c1-13-26(6)35(43(10)39(48)33(24(2)3)41-38(47)34(25(4)5)42(8)9)31(52-11)23-32(45)44-22-14-15-30(44)36(53-12)27(7)37(46)40-21-20-28-16-18-29(19-17-28)54-55(49,50)51;1-3-6-4-2-5-1/h16-19,24-27,30-31,33-36H,13-15,20-23H2,1-12H3,(H,40,46)(H,41,47)(H2,49,50,51);5H,1-4H2/t26-,27+,30-,31+,33-,34-,35-,36+;/m0./s1. The maximum absolute atomic E-state index is 14.2. The molecule has 0 spiro atoms. The minimum Gasteiger partial charge on any atom is -0.404 e. The third kappa shape index (κ3) is 17.2. The third-order valence-electron chi connectivity index (χ3n) is 11.7. The number of methoxy groups -OCH3 is 2. The van der Waals surface area contributed by atoms with E-state index in [0.717, 1.165) is 44.7 Å². The van der Waals surface area contributed by atoms with Gasteiger partial charge in [0.15, 0.2) is 0 Å². The summed E-state index contributed by atoms with van der Waals surface area (Å²) in [6.07, 6.45) is 1.43. The molecule has 1 aromatic carbocycles. The van der Waals surface area contributed by atoms with E-state index in [4.69, 9.17) is 24.0 Å². The van der Waals surface area contributed by atoms with Crippen molar-refractivity contribution < 1.29 is 52.3 Å². The van der Waals surface area contributed by atoms with Crippen LogP contribution >= 0.6 is 7.82 Å². The van der Waals surface area contributed by atoms with Gasteiger partial charge in [-0.25, -0.2) is 4.57 Å². The molecule has 0 aliphatic carbocycles. The van der Waals surface area contributed by atoms with E-state index in [1.54, 1.807) is 50.1 Å². The molecule has 0 saturated carbocycles. The molecule has 2 heterocycles. The number of morpholine rings is 1. The fourth-order valence-corrected chi connectivity index (χ4v) is 8.67. The summed E-state index contributed by atoms with van der Waals surface area (Å²) in [6, 6.07) is 4.27. The first-order valence-corrected chi connectivity index (χ1v) is 23.2. The smallest absolute Gasteiger partial charge is 0.404 e. The van der Waals surface area contributed by atoms with Crippen molar-refractivity contribution in [2.24, 2.45) is 23.7 Å². The number of hydrogen-bond acceptors (Lipinski definition) is 11. The van der Waals surface area contributed by atoms with Crippen molar-refractivity contribution in [2.75, 3.05) is 74.8 Å². The lowest BCUT2D eigenvalue weighted by Gasteiger charge is -2.41. The molecule has 1 aromatic rings. The summed E-state index contributed by atoms with van der Waals surface area (Å²) < 4.78 is 32.6. The number of rotatable bonds is 22. The molecule has 350 valence electrons. The molecule has 18 heteroatoms. The number of nitrogens with one attached hydrogen (secondary N) is 3. The topological polar surface area (TPSA) is 209 Å². The second-order valence-electron chi connectivity index (χ2n) is 17.1. The number of likely N-dealkylation sites (tertiary alicyclic amines) is 1. The van der Waals surface area contributed by atoms with E-state index in [-0.39, 0.29) is 59.6 Å². The predicted molar refractivity (Wildman–Crippen MR) is 235 cm³/mol. The molecule has 0 aromatic heterocycles. The first-order valence-electron chi connectivity index (χ1n) is 21.7. The molecule has 2 fully saturated rings. The molecule has 0 bridgehead atoms. The summed E-state index contributed by atoms with van der Waals surface area (Å²) in [5, 5.41) is 9.13. The molecule has 8 atom stereocenters. The molecule has 0 radical (unpaired) electrons. The Morgan fingerprint density at radius 3 is 2.03 bits per heavy atom. The highest BCUT2D eigenvalue weighted by atomic mass is 31.2. The number of amides is 4. The summed E-state index contributed by atoms with van der Waals surface area (Å²) in [7, 11) is 3.86. The van der Waals surface area contributed by atoms with Crippen LogP contribution in [-0.2, 0) is 44.4 Å². The van der Waals surface area contributed by atoms with Gasteiger partial charge in [0.25, 0.3) is 0 Å². The van der Waals surface area contributed by atoms with Gasteiger partial charge in [-0.15, -0.1) is 0 Å². The van der Waals surface area contributed by atoms with Gasteiger partial charge >= 0.3 is 7.82 Å². The second kappa shape index (κ2) is 26.5. The van der Waals surface area contributed by atoms with E-state index in [2.05, 4.69) is 20.5 Å². The van der Waals surface area contributed by atoms with Gasteiger partial charge in [-0.1, -0.05) is 67.0 Å². The van der Waals surface area contributed by atoms with Gasteiger partial charge in [-0.05, 0) is 68.8 Å². The van der Waals surface area contributed by atoms with Crippen LogP contribution in [0, 0.1) is 23.7 Å². The fraction of sp³-hybridized carbons (Fsp3) is 0.767. The number of phosphoric acid groups is 1. The largest absolute Gasteiger partial charge is 0.524 e. The molecule has 4 amide bonds. The fourth-order valence-electron chi connectivity index (χ4n) is 8.27. The lowest BCUT2D eigenvalue weighted by Crippen LogP contribution is -2.59. The van der Waals surface area contributed by atoms with Crippen LogP contribution in [0.15, 0.2) is 24.3 Å². The minimum atomic E-state index is -4.65. The summed E-state index contributed by atoms with van der Waals surface area (Å²) >= 11 is 0. The molecule has 5 N–H and O–H groups in total. The Balaban J connectivity index is 0.00000195. The van der Waals surface area contributed by atoms with Crippen molar-refractivity contribution in [2.45, 2.75) is 117 Å². The number of benzene rings is 1. The van der Waals surface area contributed by atoms with Crippen LogP contribution < -0.4 is 20.5 Å². The molecule has 2 saturated heterocycles. The average Bonchev–Trinajstić information content (AvgIpc) is 3.69. The average molecular weight is 885 g/mol. The normalized spacial score (nSPS) is 19.2. The van der Waals surface area contributed by atoms with Crippen molar-refractivity contribution in [3.63, 3.8) is 0 Å². The minimum absolute atomic E-state index is 0.0172. The molecule has 17 nitrogen and oxygen atoms in total. The number of carbonyl (C=O) groups excluding carboxylic acids is 4. The third-order valence-corrected chi connectivity index (χ3v) is 12.1. The monoisotopic (exact) mass is 885 g/mol. The lowest BCUT2D eigenvalue weighted by atomic mass is 9.89. The van der Waals surface area contributed by atoms with E-state index in [1.807, 2.05) is 60.5 Å². The number of nitrogens with zero attached hydrogens (tertiary/aromatic N) is 3. The second-order valence-corrected chi connectivity index (χ2v) is 18.3. The summed E-state index contributed by atoms with van der Waals surface area (Å²) in [5.74, 6) is -1.54. The van der Waals surface area contributed by atoms with Crippen molar-refractivity contribution in [1.82, 2.24) is 30.7 Å². The zero-order chi connectivity index (χ0) is 46.0.